The van der Waals surface area contributed by atoms with Crippen LogP contribution in [0.2, 0.25) is 0 Å². The summed E-state index contributed by atoms with van der Waals surface area (Å²) in [5.74, 6) is 0. The number of aromatic nitrogens is 3. The fourth-order valence-corrected chi connectivity index (χ4v) is 13.9. The maximum atomic E-state index is 9.58. The molecule has 0 amide bonds. The zero-order chi connectivity index (χ0) is 50.9. The second-order valence-electron chi connectivity index (χ2n) is 22.7. The van der Waals surface area contributed by atoms with Crippen molar-refractivity contribution in [3.63, 3.8) is 0 Å². The van der Waals surface area contributed by atoms with Crippen molar-refractivity contribution in [2.75, 3.05) is 0 Å². The number of nitrogens with zero attached hydrogens (tertiary/aromatic N) is 3. The van der Waals surface area contributed by atoms with Crippen LogP contribution < -0.4 is 5.46 Å². The maximum absolute atomic E-state index is 9.58. The van der Waals surface area contributed by atoms with E-state index in [9.17, 15) is 10.0 Å². The molecule has 3 aromatic heterocycles. The Bertz CT molecular complexity index is 4630. The van der Waals surface area contributed by atoms with Crippen LogP contribution in [0.25, 0.3) is 105 Å². The summed E-state index contributed by atoms with van der Waals surface area (Å²) < 4.78 is 7.27. The van der Waals surface area contributed by atoms with Gasteiger partial charge >= 0.3 is 7.12 Å². The van der Waals surface area contributed by atoms with Gasteiger partial charge < -0.3 is 23.7 Å². The van der Waals surface area contributed by atoms with E-state index in [0.29, 0.717) is 5.46 Å². The highest BCUT2D eigenvalue weighted by Gasteiger charge is 2.38. The first-order chi connectivity index (χ1) is 36.3. The van der Waals surface area contributed by atoms with E-state index in [-0.39, 0.29) is 23.4 Å². The van der Waals surface area contributed by atoms with Gasteiger partial charge in [-0.15, -0.1) is 0 Å². The minimum absolute atomic E-state index is 0. The lowest BCUT2D eigenvalue weighted by Crippen LogP contribution is -2.29. The summed E-state index contributed by atoms with van der Waals surface area (Å²) in [4.78, 5) is 0. The van der Waals surface area contributed by atoms with Gasteiger partial charge in [0.15, 0.2) is 0 Å². The Hall–Kier alpha value is -8.42. The smallest absolute Gasteiger partial charge is 0.423 e. The van der Waals surface area contributed by atoms with Crippen molar-refractivity contribution in [1.82, 2.24) is 13.7 Å². The van der Waals surface area contributed by atoms with Gasteiger partial charge in [0.1, 0.15) is 0 Å². The number of hydrogen-bond donors (Lipinski definition) is 2. The van der Waals surface area contributed by atoms with Gasteiger partial charge in [-0.25, -0.2) is 0 Å². The van der Waals surface area contributed by atoms with E-state index in [1.165, 1.54) is 122 Å². The SMILES string of the molecule is CC1(C)c2ccccc2-c2cc3c4cc(-c5ccc6c(c5)c5cccc7c5n6-c5ccccc5C7(C)C)ccc4n(-c4ccccc4)c3cc21.CC1(C)c2ccccc2-n2c3ccc(B(O)O)cc3c3cccc1c32.[HH].[HH].[HH].[HH].[HH]. The molecule has 13 aromatic rings. The Morgan fingerprint density at radius 2 is 0.787 bits per heavy atom. The predicted octanol–water partition coefficient (Wildman–Crippen LogP) is 16.8. The molecule has 0 atom stereocenters. The second-order valence-corrected chi connectivity index (χ2v) is 22.7. The number of para-hydroxylation sites is 5. The molecule has 6 heteroatoms. The van der Waals surface area contributed by atoms with Gasteiger partial charge in [0.05, 0.1) is 44.5 Å². The molecule has 75 heavy (non-hydrogen) atoms. The average molecular weight is 978 g/mol. The van der Waals surface area contributed by atoms with E-state index >= 15 is 0 Å². The fraction of sp³-hybridized carbons (Fsp3) is 0.130. The average Bonchev–Trinajstić information content (AvgIpc) is 4.28. The third-order valence-corrected chi connectivity index (χ3v) is 17.7. The van der Waals surface area contributed by atoms with Crippen molar-refractivity contribution in [2.24, 2.45) is 0 Å². The Morgan fingerprint density at radius 3 is 1.37 bits per heavy atom. The molecule has 5 heterocycles. The topological polar surface area (TPSA) is 55.2 Å². The molecule has 0 unspecified atom stereocenters. The van der Waals surface area contributed by atoms with Crippen LogP contribution in [0.15, 0.2) is 206 Å². The monoisotopic (exact) mass is 978 g/mol. The molecule has 2 aliphatic heterocycles. The Labute approximate surface area is 443 Å². The van der Waals surface area contributed by atoms with E-state index in [0.717, 1.165) is 16.3 Å². The highest BCUT2D eigenvalue weighted by molar-refractivity contribution is 6.59. The van der Waals surface area contributed by atoms with E-state index in [2.05, 4.69) is 243 Å². The quantitative estimate of drug-likeness (QED) is 0.173. The van der Waals surface area contributed by atoms with Crippen LogP contribution in [0.4, 0.5) is 0 Å². The van der Waals surface area contributed by atoms with E-state index in [1.807, 2.05) is 12.1 Å². The lowest BCUT2D eigenvalue weighted by molar-refractivity contribution is 0.426. The Morgan fingerprint density at radius 1 is 0.333 bits per heavy atom. The molecule has 16 rings (SSSR count). The zero-order valence-corrected chi connectivity index (χ0v) is 42.9. The molecule has 0 fully saturated rings. The van der Waals surface area contributed by atoms with Crippen LogP contribution in [0, 0.1) is 0 Å². The standard InChI is InChI=1S/C48H36N2.C21H18BNO2.5H2/c1-47(2)38-17-9-8-15-32(38)34-27-37-36-26-30(21-23-42(36)49(45(37)28-41(34)47)31-13-6-5-7-14-31)29-22-24-43-35(25-29)33-16-12-19-40-46(33)50(43)44-20-11-10-18-39(44)48(40,3)4;1-21(2)16-7-3-4-9-19(16)23-18-11-10-13(22(24)25)12-15(18)14-6-5-8-17(21)20(14)23;;;;;/h5-28H,1-4H3;3-12,24-25H,1-2H3;5*1H. The highest BCUT2D eigenvalue weighted by atomic mass is 16.4. The third-order valence-electron chi connectivity index (χ3n) is 17.7. The highest BCUT2D eigenvalue weighted by Crippen LogP contribution is 2.53. The first-order valence-corrected chi connectivity index (χ1v) is 26.3. The minimum atomic E-state index is -1.46. The number of fused-ring (bicyclic) bond motifs is 16. The van der Waals surface area contributed by atoms with Crippen molar-refractivity contribution in [1.29, 1.82) is 0 Å². The van der Waals surface area contributed by atoms with Gasteiger partial charge in [0.2, 0.25) is 0 Å². The summed E-state index contributed by atoms with van der Waals surface area (Å²) in [6.07, 6.45) is 0. The third kappa shape index (κ3) is 5.92. The van der Waals surface area contributed by atoms with Crippen molar-refractivity contribution in [3.8, 4) is 39.3 Å². The van der Waals surface area contributed by atoms with Crippen molar-refractivity contribution in [2.45, 2.75) is 57.8 Å². The van der Waals surface area contributed by atoms with Gasteiger partial charge in [-0.3, -0.25) is 0 Å². The summed E-state index contributed by atoms with van der Waals surface area (Å²) in [7, 11) is -1.46. The molecule has 3 aliphatic rings. The van der Waals surface area contributed by atoms with Gasteiger partial charge in [-0.1, -0.05) is 181 Å². The summed E-state index contributed by atoms with van der Waals surface area (Å²) in [6.45, 7) is 14.0. The molecular formula is C69H64BN3O2. The lowest BCUT2D eigenvalue weighted by atomic mass is 9.75. The summed E-state index contributed by atoms with van der Waals surface area (Å²) in [6, 6.07) is 75.3. The number of benzene rings is 10. The molecule has 1 aliphatic carbocycles. The van der Waals surface area contributed by atoms with Crippen LogP contribution in [0.3, 0.4) is 0 Å². The largest absolute Gasteiger partial charge is 0.488 e. The van der Waals surface area contributed by atoms with Gasteiger partial charge in [-0.2, -0.15) is 0 Å². The summed E-state index contributed by atoms with van der Waals surface area (Å²) in [5, 5.41) is 26.6. The van der Waals surface area contributed by atoms with Gasteiger partial charge in [0.25, 0.3) is 0 Å². The normalized spacial score (nSPS) is 15.0. The van der Waals surface area contributed by atoms with Crippen LogP contribution >= 0.6 is 0 Å². The van der Waals surface area contributed by atoms with Crippen molar-refractivity contribution in [3.05, 3.63) is 240 Å². The molecule has 2 N–H and O–H groups in total. The second kappa shape index (κ2) is 15.3. The minimum Gasteiger partial charge on any atom is -0.423 e. The molecule has 0 bridgehead atoms. The molecule has 370 valence electrons. The number of hydrogen-bond acceptors (Lipinski definition) is 2. The molecule has 10 aromatic carbocycles. The van der Waals surface area contributed by atoms with Gasteiger partial charge in [-0.05, 0) is 128 Å². The van der Waals surface area contributed by atoms with Crippen molar-refractivity contribution < 1.29 is 17.2 Å². The molecule has 5 nitrogen and oxygen atoms in total. The Kier molecular flexibility index (Phi) is 9.02. The summed E-state index contributed by atoms with van der Waals surface area (Å²) >= 11 is 0. The Balaban J connectivity index is 0.000000204. The van der Waals surface area contributed by atoms with Crippen LogP contribution in [-0.2, 0) is 16.2 Å². The van der Waals surface area contributed by atoms with Crippen LogP contribution in [0.1, 0.15) is 82.1 Å². The molecule has 0 saturated carbocycles. The number of rotatable bonds is 3. The predicted molar refractivity (Wildman–Crippen MR) is 324 cm³/mol. The molecule has 0 spiro atoms. The fourth-order valence-electron chi connectivity index (χ4n) is 13.9. The maximum Gasteiger partial charge on any atom is 0.488 e. The molecular weight excluding hydrogens is 914 g/mol. The van der Waals surface area contributed by atoms with Crippen molar-refractivity contribution >= 4 is 78.0 Å². The molecule has 0 saturated heterocycles. The first kappa shape index (κ1) is 44.1. The van der Waals surface area contributed by atoms with Crippen LogP contribution in [0.5, 0.6) is 0 Å². The lowest BCUT2D eigenvalue weighted by Gasteiger charge is -2.34. The first-order valence-electron chi connectivity index (χ1n) is 26.3. The van der Waals surface area contributed by atoms with E-state index in [1.54, 1.807) is 6.07 Å². The molecule has 0 radical (unpaired) electrons. The zero-order valence-electron chi connectivity index (χ0n) is 42.9. The summed E-state index contributed by atoms with van der Waals surface area (Å²) in [5.41, 5.74) is 24.7. The van der Waals surface area contributed by atoms with Crippen LogP contribution in [-0.4, -0.2) is 30.9 Å². The van der Waals surface area contributed by atoms with E-state index < -0.39 is 7.12 Å². The van der Waals surface area contributed by atoms with E-state index in [4.69, 9.17) is 0 Å². The van der Waals surface area contributed by atoms with Gasteiger partial charge in [0, 0.05) is 61.4 Å².